The third-order valence-electron chi connectivity index (χ3n) is 0.493. The molecule has 0 aromatic heterocycles. The van der Waals surface area contributed by atoms with Crippen molar-refractivity contribution >= 4 is 0 Å². The molecule has 0 spiro atoms. The summed E-state index contributed by atoms with van der Waals surface area (Å²) < 4.78 is 0. The van der Waals surface area contributed by atoms with Gasteiger partial charge in [-0.25, -0.2) is 12.3 Å². The van der Waals surface area contributed by atoms with E-state index in [2.05, 4.69) is 13.8 Å². The smallest absolute Gasteiger partial charge is 0.358 e. The molecule has 1 unspecified atom stereocenters. The van der Waals surface area contributed by atoms with E-state index in [1.807, 2.05) is 6.92 Å². The maximum atomic E-state index is 3.69. The van der Waals surface area contributed by atoms with Crippen LogP contribution < -0.4 is 0 Å². The Morgan fingerprint density at radius 3 is 1.71 bits per heavy atom. The minimum Gasteiger partial charge on any atom is -0.358 e. The van der Waals surface area contributed by atoms with Crippen LogP contribution in [0.5, 0.6) is 0 Å². The van der Waals surface area contributed by atoms with Crippen molar-refractivity contribution in [2.75, 3.05) is 0 Å². The monoisotopic (exact) mass is 174 g/mol. The van der Waals surface area contributed by atoms with Crippen molar-refractivity contribution in [3.05, 3.63) is 21.3 Å². The number of hydrogen-bond acceptors (Lipinski definition) is 0. The van der Waals surface area contributed by atoms with Gasteiger partial charge >= 0.3 is 32.7 Å². The summed E-state index contributed by atoms with van der Waals surface area (Å²) in [6, 6.07) is 0. The van der Waals surface area contributed by atoms with Crippen LogP contribution in [0, 0.1) is 27.2 Å². The van der Waals surface area contributed by atoms with E-state index in [0.29, 0.717) is 5.92 Å². The molecule has 0 amide bonds. The molecule has 0 bridgehead atoms. The Labute approximate surface area is 73.0 Å². The molecular formula is C6H13Y. The van der Waals surface area contributed by atoms with Crippen LogP contribution in [-0.2, 0) is 32.7 Å². The van der Waals surface area contributed by atoms with Crippen molar-refractivity contribution in [2.24, 2.45) is 5.92 Å². The molecule has 40 valence electrons. The van der Waals surface area contributed by atoms with Crippen molar-refractivity contribution in [1.82, 2.24) is 0 Å². The van der Waals surface area contributed by atoms with E-state index >= 15 is 0 Å². The zero-order valence-corrected chi connectivity index (χ0v) is 8.11. The number of hydrogen-bond donors (Lipinski definition) is 0. The second-order valence-electron chi connectivity index (χ2n) is 1.39. The first kappa shape index (κ1) is 15.7. The van der Waals surface area contributed by atoms with Crippen molar-refractivity contribution < 1.29 is 32.7 Å². The molecule has 0 N–H and O–H groups in total. The van der Waals surface area contributed by atoms with E-state index in [0.717, 1.165) is 6.42 Å². The van der Waals surface area contributed by atoms with Crippen LogP contribution in [-0.4, -0.2) is 0 Å². The summed E-state index contributed by atoms with van der Waals surface area (Å²) in [6.07, 6.45) is 0.944. The molecule has 0 aliphatic heterocycles. The molecule has 0 saturated heterocycles. The molecule has 0 rings (SSSR count). The Hall–Kier alpha value is 1.10. The minimum absolute atomic E-state index is 0. The van der Waals surface area contributed by atoms with Gasteiger partial charge in [0.1, 0.15) is 0 Å². The van der Waals surface area contributed by atoms with E-state index in [9.17, 15) is 0 Å². The zero-order valence-electron chi connectivity index (χ0n) is 5.28. The van der Waals surface area contributed by atoms with Gasteiger partial charge < -0.3 is 21.3 Å². The second-order valence-corrected chi connectivity index (χ2v) is 1.39. The normalized spacial score (nSPS) is 10.7. The summed E-state index contributed by atoms with van der Waals surface area (Å²) >= 11 is 0. The van der Waals surface area contributed by atoms with Gasteiger partial charge in [-0.2, -0.15) is 0 Å². The summed E-state index contributed by atoms with van der Waals surface area (Å²) in [5.41, 5.74) is 0. The van der Waals surface area contributed by atoms with Gasteiger partial charge in [-0.3, -0.25) is 0 Å². The summed E-state index contributed by atoms with van der Waals surface area (Å²) in [5, 5.41) is 0. The SMILES string of the molecule is [CH2-]CC([CH2-])C.[CH3-].[Y+3]. The van der Waals surface area contributed by atoms with Gasteiger partial charge in [0.15, 0.2) is 0 Å². The van der Waals surface area contributed by atoms with Crippen LogP contribution in [0.25, 0.3) is 0 Å². The third-order valence-corrected chi connectivity index (χ3v) is 0.493. The van der Waals surface area contributed by atoms with Gasteiger partial charge in [-0.1, -0.05) is 6.92 Å². The first-order valence-electron chi connectivity index (χ1n) is 1.89. The standard InChI is InChI=1S/C5H10.CH3.Y/c1-4-5(2)3;;/h5H,1-2,4H2,3H3;1H3;/q-2;-1;+3. The van der Waals surface area contributed by atoms with Crippen LogP contribution in [0.1, 0.15) is 13.3 Å². The maximum absolute atomic E-state index is 3.69. The second kappa shape index (κ2) is 10.2. The van der Waals surface area contributed by atoms with E-state index in [1.165, 1.54) is 0 Å². The van der Waals surface area contributed by atoms with E-state index in [1.54, 1.807) is 0 Å². The Morgan fingerprint density at radius 2 is 1.71 bits per heavy atom. The molecule has 0 fully saturated rings. The Balaban J connectivity index is -0.0000000800. The first-order chi connectivity index (χ1) is 2.27. The summed E-state index contributed by atoms with van der Waals surface area (Å²) in [7, 11) is 0. The topological polar surface area (TPSA) is 0 Å². The molecule has 7 heavy (non-hydrogen) atoms. The average Bonchev–Trinajstić information content (AvgIpc) is 1.38. The van der Waals surface area contributed by atoms with Crippen molar-refractivity contribution in [1.29, 1.82) is 0 Å². The Morgan fingerprint density at radius 1 is 1.57 bits per heavy atom. The van der Waals surface area contributed by atoms with Crippen LogP contribution in [0.15, 0.2) is 0 Å². The molecule has 1 atom stereocenters. The van der Waals surface area contributed by atoms with Crippen LogP contribution >= 0.6 is 0 Å². The summed E-state index contributed by atoms with van der Waals surface area (Å²) in [4.78, 5) is 0. The molecular weight excluding hydrogens is 161 g/mol. The fraction of sp³-hybridized carbons (Fsp3) is 0.500. The molecule has 0 aliphatic carbocycles. The summed E-state index contributed by atoms with van der Waals surface area (Å²) in [5.74, 6) is 0.523. The van der Waals surface area contributed by atoms with Gasteiger partial charge in [-0.15, -0.1) is 0 Å². The molecule has 0 aliphatic rings. The van der Waals surface area contributed by atoms with Gasteiger partial charge in [-0.05, 0) is 0 Å². The Bertz CT molecular complexity index is 18.1. The van der Waals surface area contributed by atoms with E-state index in [4.69, 9.17) is 0 Å². The maximum Gasteiger partial charge on any atom is 3.00 e. The molecule has 0 saturated carbocycles. The first-order valence-corrected chi connectivity index (χ1v) is 1.89. The average molecular weight is 174 g/mol. The molecule has 0 nitrogen and oxygen atoms in total. The van der Waals surface area contributed by atoms with Crippen molar-refractivity contribution in [3.63, 3.8) is 0 Å². The van der Waals surface area contributed by atoms with Crippen LogP contribution in [0.2, 0.25) is 0 Å². The molecule has 0 aromatic carbocycles. The molecule has 0 aromatic rings. The van der Waals surface area contributed by atoms with E-state index < -0.39 is 0 Å². The van der Waals surface area contributed by atoms with Crippen molar-refractivity contribution in [3.8, 4) is 0 Å². The van der Waals surface area contributed by atoms with Crippen molar-refractivity contribution in [2.45, 2.75) is 13.3 Å². The fourth-order valence-corrected chi connectivity index (χ4v) is 0. The van der Waals surface area contributed by atoms with Gasteiger partial charge in [0.05, 0.1) is 0 Å². The molecule has 1 heteroatoms. The predicted molar refractivity (Wildman–Crippen MR) is 30.9 cm³/mol. The van der Waals surface area contributed by atoms with Gasteiger partial charge in [0.25, 0.3) is 0 Å². The predicted octanol–water partition coefficient (Wildman–Crippen LogP) is 2.13. The summed E-state index contributed by atoms with van der Waals surface area (Å²) in [6.45, 7) is 9.37. The minimum atomic E-state index is 0. The van der Waals surface area contributed by atoms with E-state index in [-0.39, 0.29) is 40.1 Å². The molecule has 0 radical (unpaired) electrons. The quantitative estimate of drug-likeness (QED) is 0.534. The molecule has 0 heterocycles. The third kappa shape index (κ3) is 19.2. The van der Waals surface area contributed by atoms with Gasteiger partial charge in [0.2, 0.25) is 0 Å². The largest absolute Gasteiger partial charge is 3.00 e. The number of rotatable bonds is 1. The zero-order chi connectivity index (χ0) is 4.28. The van der Waals surface area contributed by atoms with Gasteiger partial charge in [0, 0.05) is 0 Å². The van der Waals surface area contributed by atoms with Crippen LogP contribution in [0.3, 0.4) is 0 Å². The van der Waals surface area contributed by atoms with Crippen LogP contribution in [0.4, 0.5) is 0 Å². The fourth-order valence-electron chi connectivity index (χ4n) is 0. The Kier molecular flexibility index (Phi) is 22.8.